The van der Waals surface area contributed by atoms with Gasteiger partial charge in [0.05, 0.1) is 18.2 Å². The smallest absolute Gasteiger partial charge is 0.320 e. The van der Waals surface area contributed by atoms with Gasteiger partial charge in [-0.2, -0.15) is 0 Å². The molecule has 0 radical (unpaired) electrons. The molecule has 1 aromatic rings. The molecule has 1 aliphatic carbocycles. The molecule has 1 spiro atoms. The van der Waals surface area contributed by atoms with Gasteiger partial charge in [0.1, 0.15) is 0 Å². The second-order valence-corrected chi connectivity index (χ2v) is 13.3. The zero-order valence-electron chi connectivity index (χ0n) is 25.0. The molecule has 2 bridgehead atoms. The van der Waals surface area contributed by atoms with Gasteiger partial charge in [-0.3, -0.25) is 9.69 Å². The summed E-state index contributed by atoms with van der Waals surface area (Å²) in [5.41, 5.74) is 0.925. The summed E-state index contributed by atoms with van der Waals surface area (Å²) in [7, 11) is 1.68. The standard InChI is InChI=1S/C32H48F2N4O3/c1-23(2)21-38-30(40)36(17-18-41-3)22-31(38)19-26-9-10-27(20-31)37(26)16-13-28(24-7-5-4-6-8-24)35-29(39)25-11-14-32(33,34)15-12-25/h4-8,23,25-28H,9-22H2,1-3H3,(H,35,39)/t26?,27?,28-,31?/m0/s1. The number of urea groups is 1. The topological polar surface area (TPSA) is 65.1 Å². The highest BCUT2D eigenvalue weighted by atomic mass is 19.3. The summed E-state index contributed by atoms with van der Waals surface area (Å²) in [5, 5.41) is 3.25. The zero-order valence-corrected chi connectivity index (χ0v) is 25.0. The number of fused-ring (bicyclic) bond motifs is 2. The lowest BCUT2D eigenvalue weighted by molar-refractivity contribution is -0.130. The molecule has 3 heterocycles. The molecule has 3 atom stereocenters. The summed E-state index contributed by atoms with van der Waals surface area (Å²) in [6.45, 7) is 7.94. The van der Waals surface area contributed by atoms with E-state index in [2.05, 4.69) is 29.0 Å². The number of hydrogen-bond acceptors (Lipinski definition) is 4. The fraction of sp³-hybridized carbons (Fsp3) is 0.750. The van der Waals surface area contributed by atoms with Gasteiger partial charge in [0.25, 0.3) is 0 Å². The molecule has 3 saturated heterocycles. The van der Waals surface area contributed by atoms with Crippen LogP contribution in [0.2, 0.25) is 0 Å². The highest BCUT2D eigenvalue weighted by Crippen LogP contribution is 2.47. The number of rotatable bonds is 11. The van der Waals surface area contributed by atoms with Crippen molar-refractivity contribution < 1.29 is 23.1 Å². The van der Waals surface area contributed by atoms with E-state index >= 15 is 0 Å². The van der Waals surface area contributed by atoms with E-state index in [9.17, 15) is 18.4 Å². The van der Waals surface area contributed by atoms with Crippen molar-refractivity contribution in [2.75, 3.05) is 39.9 Å². The third-order valence-electron chi connectivity index (χ3n) is 9.96. The molecule has 2 unspecified atom stereocenters. The predicted molar refractivity (Wildman–Crippen MR) is 155 cm³/mol. The Kier molecular flexibility index (Phi) is 9.24. The van der Waals surface area contributed by atoms with E-state index < -0.39 is 5.92 Å². The van der Waals surface area contributed by atoms with Gasteiger partial charge in [0, 0.05) is 64.1 Å². The van der Waals surface area contributed by atoms with E-state index in [-0.39, 0.29) is 55.1 Å². The quantitative estimate of drug-likeness (QED) is 0.381. The minimum atomic E-state index is -2.64. The van der Waals surface area contributed by atoms with E-state index in [0.717, 1.165) is 57.3 Å². The maximum Gasteiger partial charge on any atom is 0.320 e. The first kappa shape index (κ1) is 30.2. The Morgan fingerprint density at radius 1 is 1.05 bits per heavy atom. The number of methoxy groups -OCH3 is 1. The molecule has 7 nitrogen and oxygen atoms in total. The number of nitrogens with zero attached hydrogens (tertiary/aromatic N) is 3. The summed E-state index contributed by atoms with van der Waals surface area (Å²) >= 11 is 0. The molecule has 9 heteroatoms. The highest BCUT2D eigenvalue weighted by Gasteiger charge is 2.57. The van der Waals surface area contributed by atoms with Crippen molar-refractivity contribution in [3.05, 3.63) is 35.9 Å². The van der Waals surface area contributed by atoms with Crippen LogP contribution in [-0.2, 0) is 9.53 Å². The number of carbonyl (C=O) groups excluding carboxylic acids is 2. The summed E-state index contributed by atoms with van der Waals surface area (Å²) in [5.74, 6) is -2.69. The van der Waals surface area contributed by atoms with Gasteiger partial charge >= 0.3 is 6.03 Å². The largest absolute Gasteiger partial charge is 0.383 e. The lowest BCUT2D eigenvalue weighted by Gasteiger charge is -2.48. The zero-order chi connectivity index (χ0) is 29.2. The average molecular weight is 575 g/mol. The second kappa shape index (κ2) is 12.5. The Labute approximate surface area is 243 Å². The summed E-state index contributed by atoms with van der Waals surface area (Å²) in [4.78, 5) is 33.5. The Bertz CT molecular complexity index is 1030. The normalized spacial score (nSPS) is 29.1. The van der Waals surface area contributed by atoms with E-state index in [1.54, 1.807) is 7.11 Å². The molecule has 0 aromatic heterocycles. The molecule has 1 saturated carbocycles. The first-order valence-electron chi connectivity index (χ1n) is 15.7. The van der Waals surface area contributed by atoms with Gasteiger partial charge < -0.3 is 19.9 Å². The van der Waals surface area contributed by atoms with E-state index in [1.165, 1.54) is 0 Å². The highest BCUT2D eigenvalue weighted by molar-refractivity contribution is 5.79. The van der Waals surface area contributed by atoms with E-state index in [1.807, 2.05) is 35.2 Å². The number of ether oxygens (including phenoxy) is 1. The van der Waals surface area contributed by atoms with Crippen LogP contribution in [-0.4, -0.2) is 90.1 Å². The number of halogens is 2. The van der Waals surface area contributed by atoms with Crippen molar-refractivity contribution in [2.45, 2.75) is 101 Å². The Balaban J connectivity index is 1.26. The van der Waals surface area contributed by atoms with Crippen LogP contribution in [0.5, 0.6) is 0 Å². The van der Waals surface area contributed by atoms with Crippen LogP contribution in [0.25, 0.3) is 0 Å². The van der Waals surface area contributed by atoms with E-state index in [0.29, 0.717) is 31.2 Å². The Morgan fingerprint density at radius 3 is 2.32 bits per heavy atom. The molecule has 4 aliphatic rings. The molecule has 5 rings (SSSR count). The minimum absolute atomic E-state index is 0.0973. The minimum Gasteiger partial charge on any atom is -0.383 e. The Morgan fingerprint density at radius 2 is 1.71 bits per heavy atom. The Hall–Kier alpha value is -2.26. The first-order valence-corrected chi connectivity index (χ1v) is 15.7. The van der Waals surface area contributed by atoms with Gasteiger partial charge in [-0.05, 0) is 56.4 Å². The number of piperidine rings is 1. The molecule has 1 aromatic carbocycles. The molecule has 1 N–H and O–H groups in total. The van der Waals surface area contributed by atoms with Gasteiger partial charge in [-0.25, -0.2) is 13.6 Å². The predicted octanol–water partition coefficient (Wildman–Crippen LogP) is 5.47. The lowest BCUT2D eigenvalue weighted by Crippen LogP contribution is -2.59. The maximum absolute atomic E-state index is 13.7. The first-order chi connectivity index (χ1) is 19.6. The number of amides is 3. The number of alkyl halides is 2. The van der Waals surface area contributed by atoms with Crippen molar-refractivity contribution in [2.24, 2.45) is 11.8 Å². The van der Waals surface area contributed by atoms with Crippen LogP contribution >= 0.6 is 0 Å². The lowest BCUT2D eigenvalue weighted by atomic mass is 9.81. The summed E-state index contributed by atoms with van der Waals surface area (Å²) in [6.07, 6.45) is 5.05. The number of benzene rings is 1. The van der Waals surface area contributed by atoms with Gasteiger partial charge in [0.15, 0.2) is 0 Å². The van der Waals surface area contributed by atoms with Gasteiger partial charge in [-0.15, -0.1) is 0 Å². The SMILES string of the molecule is COCCN1CC2(CC3CCC(C2)N3CC[C@H](NC(=O)C2CCC(F)(F)CC2)c2ccccc2)N(CC(C)C)C1=O. The van der Waals surface area contributed by atoms with E-state index in [4.69, 9.17) is 4.74 Å². The third kappa shape index (κ3) is 6.71. The molecular formula is C32H48F2N4O3. The van der Waals surface area contributed by atoms with Crippen LogP contribution in [0.1, 0.15) is 83.2 Å². The van der Waals surface area contributed by atoms with Crippen molar-refractivity contribution in [3.63, 3.8) is 0 Å². The van der Waals surface area contributed by atoms with Crippen molar-refractivity contribution in [1.29, 1.82) is 0 Å². The molecule has 3 aliphatic heterocycles. The monoisotopic (exact) mass is 574 g/mol. The molecule has 3 amide bonds. The fourth-order valence-electron chi connectivity index (χ4n) is 7.90. The van der Waals surface area contributed by atoms with Crippen molar-refractivity contribution >= 4 is 11.9 Å². The molecule has 4 fully saturated rings. The molecule has 228 valence electrons. The van der Waals surface area contributed by atoms with Gasteiger partial charge in [-0.1, -0.05) is 44.2 Å². The number of nitrogens with one attached hydrogen (secondary N) is 1. The number of carbonyl (C=O) groups is 2. The maximum atomic E-state index is 13.7. The van der Waals surface area contributed by atoms with Crippen molar-refractivity contribution in [1.82, 2.24) is 20.0 Å². The van der Waals surface area contributed by atoms with Gasteiger partial charge in [0.2, 0.25) is 11.8 Å². The third-order valence-corrected chi connectivity index (χ3v) is 9.96. The summed E-state index contributed by atoms with van der Waals surface area (Å²) in [6, 6.07) is 10.8. The van der Waals surface area contributed by atoms with Crippen molar-refractivity contribution in [3.8, 4) is 0 Å². The average Bonchev–Trinajstić information content (AvgIpc) is 3.33. The fourth-order valence-corrected chi connectivity index (χ4v) is 7.90. The summed E-state index contributed by atoms with van der Waals surface area (Å²) < 4.78 is 32.7. The number of hydrogen-bond donors (Lipinski definition) is 1. The van der Waals surface area contributed by atoms with Crippen LogP contribution in [0.4, 0.5) is 13.6 Å². The molecule has 41 heavy (non-hydrogen) atoms. The van der Waals surface area contributed by atoms with Crippen LogP contribution in [0.15, 0.2) is 30.3 Å². The van der Waals surface area contributed by atoms with Crippen LogP contribution in [0, 0.1) is 11.8 Å². The molecular weight excluding hydrogens is 526 g/mol. The second-order valence-electron chi connectivity index (χ2n) is 13.3. The van der Waals surface area contributed by atoms with Crippen LogP contribution < -0.4 is 5.32 Å². The van der Waals surface area contributed by atoms with Crippen LogP contribution in [0.3, 0.4) is 0 Å².